The van der Waals surface area contributed by atoms with Gasteiger partial charge in [-0.05, 0) is 23.8 Å². The highest BCUT2D eigenvalue weighted by Gasteiger charge is 2.18. The molecule has 2 aromatic carbocycles. The Hall–Kier alpha value is -3.22. The third kappa shape index (κ3) is 3.75. The molecule has 0 N–H and O–H groups in total. The molecule has 0 heterocycles. The summed E-state index contributed by atoms with van der Waals surface area (Å²) < 4.78 is 4.66. The van der Waals surface area contributed by atoms with E-state index >= 15 is 0 Å². The van der Waals surface area contributed by atoms with Crippen LogP contribution in [0.4, 0.5) is 11.4 Å². The van der Waals surface area contributed by atoms with Gasteiger partial charge in [0.1, 0.15) is 0 Å². The molecule has 2 aromatic rings. The van der Waals surface area contributed by atoms with Crippen molar-refractivity contribution in [2.24, 2.45) is 0 Å². The number of anilines is 1. The summed E-state index contributed by atoms with van der Waals surface area (Å²) in [5, 5.41) is 10.7. The second-order valence-corrected chi connectivity index (χ2v) is 5.05. The molecule has 0 unspecified atom stereocenters. The second-order valence-electron chi connectivity index (χ2n) is 5.05. The first-order valence-electron chi connectivity index (χ1n) is 7.11. The predicted molar refractivity (Wildman–Crippen MR) is 88.0 cm³/mol. The average Bonchev–Trinajstić information content (AvgIpc) is 2.61. The van der Waals surface area contributed by atoms with Crippen LogP contribution in [0.5, 0.6) is 0 Å². The van der Waals surface area contributed by atoms with Gasteiger partial charge in [-0.25, -0.2) is 0 Å². The third-order valence-electron chi connectivity index (χ3n) is 3.55. The van der Waals surface area contributed by atoms with E-state index in [0.29, 0.717) is 16.8 Å². The van der Waals surface area contributed by atoms with Crippen molar-refractivity contribution in [3.8, 4) is 0 Å². The van der Waals surface area contributed by atoms with Gasteiger partial charge in [0, 0.05) is 30.4 Å². The van der Waals surface area contributed by atoms with Gasteiger partial charge in [0.2, 0.25) is 0 Å². The predicted octanol–water partition coefficient (Wildman–Crippen LogP) is 2.59. The monoisotopic (exact) mass is 328 g/mol. The Morgan fingerprint density at radius 3 is 2.33 bits per heavy atom. The van der Waals surface area contributed by atoms with E-state index in [0.717, 1.165) is 0 Å². The minimum atomic E-state index is -0.524. The van der Waals surface area contributed by atoms with Gasteiger partial charge in [-0.2, -0.15) is 0 Å². The van der Waals surface area contributed by atoms with Gasteiger partial charge < -0.3 is 9.64 Å². The van der Waals surface area contributed by atoms with Gasteiger partial charge in [-0.15, -0.1) is 0 Å². The number of amides is 1. The van der Waals surface area contributed by atoms with Gasteiger partial charge in [-0.1, -0.05) is 18.2 Å². The first kappa shape index (κ1) is 17.1. The van der Waals surface area contributed by atoms with Crippen LogP contribution >= 0.6 is 0 Å². The van der Waals surface area contributed by atoms with Crippen molar-refractivity contribution >= 4 is 23.3 Å². The van der Waals surface area contributed by atoms with Crippen LogP contribution in [0.2, 0.25) is 0 Å². The zero-order valence-electron chi connectivity index (χ0n) is 13.3. The number of carbonyl (C=O) groups excluding carboxylic acids is 2. The summed E-state index contributed by atoms with van der Waals surface area (Å²) in [7, 11) is 2.89. The molecule has 124 valence electrons. The molecule has 0 aliphatic rings. The van der Waals surface area contributed by atoms with Crippen molar-refractivity contribution < 1.29 is 19.2 Å². The zero-order valence-corrected chi connectivity index (χ0v) is 13.3. The standard InChI is InChI=1S/C17H16N2O5/c1-18(15-6-4-3-5-13(15)11-16(20)24-2)17(21)12-7-9-14(10-8-12)19(22)23/h3-10H,11H2,1-2H3. The van der Waals surface area contributed by atoms with Crippen molar-refractivity contribution in [3.05, 3.63) is 69.8 Å². The first-order valence-corrected chi connectivity index (χ1v) is 7.11. The molecular formula is C17H16N2O5. The Balaban J connectivity index is 2.27. The molecule has 0 aliphatic carbocycles. The number of carbonyl (C=O) groups is 2. The fourth-order valence-electron chi connectivity index (χ4n) is 2.24. The van der Waals surface area contributed by atoms with Crippen LogP contribution in [-0.4, -0.2) is 31.0 Å². The summed E-state index contributed by atoms with van der Waals surface area (Å²) in [6.45, 7) is 0. The Bertz CT molecular complexity index is 771. The number of methoxy groups -OCH3 is 1. The summed E-state index contributed by atoms with van der Waals surface area (Å²) in [6, 6.07) is 12.4. The van der Waals surface area contributed by atoms with Crippen LogP contribution in [0.25, 0.3) is 0 Å². The van der Waals surface area contributed by atoms with Crippen LogP contribution in [-0.2, 0) is 16.0 Å². The SMILES string of the molecule is COC(=O)Cc1ccccc1N(C)C(=O)c1ccc([N+](=O)[O-])cc1. The van der Waals surface area contributed by atoms with Gasteiger partial charge in [-0.3, -0.25) is 19.7 Å². The van der Waals surface area contributed by atoms with E-state index in [1.54, 1.807) is 31.3 Å². The number of hydrogen-bond donors (Lipinski definition) is 0. The Kier molecular flexibility index (Phi) is 5.26. The molecular weight excluding hydrogens is 312 g/mol. The molecule has 0 bridgehead atoms. The van der Waals surface area contributed by atoms with Crippen molar-refractivity contribution in [1.29, 1.82) is 0 Å². The lowest BCUT2D eigenvalue weighted by molar-refractivity contribution is -0.384. The van der Waals surface area contributed by atoms with Gasteiger partial charge in [0.05, 0.1) is 18.5 Å². The maximum atomic E-state index is 12.6. The number of non-ortho nitro benzene ring substituents is 1. The van der Waals surface area contributed by atoms with E-state index in [4.69, 9.17) is 0 Å². The Labute approximate surface area is 138 Å². The molecule has 0 radical (unpaired) electrons. The molecule has 7 nitrogen and oxygen atoms in total. The van der Waals surface area contributed by atoms with E-state index in [9.17, 15) is 19.7 Å². The minimum absolute atomic E-state index is 0.0462. The molecule has 1 amide bonds. The number of nitrogens with zero attached hydrogens (tertiary/aromatic N) is 2. The fourth-order valence-corrected chi connectivity index (χ4v) is 2.24. The molecule has 7 heteroatoms. The molecule has 0 saturated heterocycles. The second kappa shape index (κ2) is 7.36. The minimum Gasteiger partial charge on any atom is -0.469 e. The number of benzene rings is 2. The molecule has 0 atom stereocenters. The fraction of sp³-hybridized carbons (Fsp3) is 0.176. The van der Waals surface area contributed by atoms with Crippen molar-refractivity contribution in [3.63, 3.8) is 0 Å². The van der Waals surface area contributed by atoms with Crippen LogP contribution in [0.15, 0.2) is 48.5 Å². The number of para-hydroxylation sites is 1. The number of hydrogen-bond acceptors (Lipinski definition) is 5. The van der Waals surface area contributed by atoms with E-state index in [2.05, 4.69) is 4.74 Å². The van der Waals surface area contributed by atoms with E-state index in [-0.39, 0.29) is 18.0 Å². The molecule has 0 aliphatic heterocycles. The summed E-state index contributed by atoms with van der Waals surface area (Å²) in [6.07, 6.45) is 0.0462. The lowest BCUT2D eigenvalue weighted by Gasteiger charge is -2.20. The Morgan fingerprint density at radius 2 is 1.75 bits per heavy atom. The lowest BCUT2D eigenvalue weighted by Crippen LogP contribution is -2.27. The number of esters is 1. The highest BCUT2D eigenvalue weighted by Crippen LogP contribution is 2.22. The van der Waals surface area contributed by atoms with Crippen LogP contribution in [0.3, 0.4) is 0 Å². The molecule has 0 saturated carbocycles. The number of rotatable bonds is 5. The average molecular weight is 328 g/mol. The smallest absolute Gasteiger partial charge is 0.310 e. The van der Waals surface area contributed by atoms with Gasteiger partial charge in [0.25, 0.3) is 11.6 Å². The van der Waals surface area contributed by atoms with Gasteiger partial charge >= 0.3 is 5.97 Å². The summed E-state index contributed by atoms with van der Waals surface area (Å²) in [5.74, 6) is -0.735. The summed E-state index contributed by atoms with van der Waals surface area (Å²) >= 11 is 0. The molecule has 24 heavy (non-hydrogen) atoms. The van der Waals surface area contributed by atoms with Gasteiger partial charge in [0.15, 0.2) is 0 Å². The van der Waals surface area contributed by atoms with Crippen molar-refractivity contribution in [1.82, 2.24) is 0 Å². The molecule has 0 aromatic heterocycles. The highest BCUT2D eigenvalue weighted by atomic mass is 16.6. The topological polar surface area (TPSA) is 89.8 Å². The normalized spacial score (nSPS) is 10.1. The number of nitro benzene ring substituents is 1. The lowest BCUT2D eigenvalue weighted by atomic mass is 10.1. The summed E-state index contributed by atoms with van der Waals surface area (Å²) in [5.41, 5.74) is 1.46. The molecule has 0 fully saturated rings. The van der Waals surface area contributed by atoms with E-state index in [1.165, 1.54) is 36.3 Å². The number of ether oxygens (including phenoxy) is 1. The highest BCUT2D eigenvalue weighted by molar-refractivity contribution is 6.06. The van der Waals surface area contributed by atoms with Crippen LogP contribution in [0.1, 0.15) is 15.9 Å². The quantitative estimate of drug-likeness (QED) is 0.478. The third-order valence-corrected chi connectivity index (χ3v) is 3.55. The molecule has 2 rings (SSSR count). The van der Waals surface area contributed by atoms with Crippen LogP contribution in [0, 0.1) is 10.1 Å². The van der Waals surface area contributed by atoms with E-state index in [1.807, 2.05) is 0 Å². The van der Waals surface area contributed by atoms with Crippen molar-refractivity contribution in [2.75, 3.05) is 19.1 Å². The van der Waals surface area contributed by atoms with Crippen molar-refractivity contribution in [2.45, 2.75) is 6.42 Å². The maximum absolute atomic E-state index is 12.6. The van der Waals surface area contributed by atoms with Crippen LogP contribution < -0.4 is 4.90 Å². The number of nitro groups is 1. The Morgan fingerprint density at radius 1 is 1.12 bits per heavy atom. The molecule has 0 spiro atoms. The first-order chi connectivity index (χ1) is 11.4. The zero-order chi connectivity index (χ0) is 17.7. The largest absolute Gasteiger partial charge is 0.469 e. The maximum Gasteiger partial charge on any atom is 0.310 e. The summed E-state index contributed by atoms with van der Waals surface area (Å²) in [4.78, 5) is 35.6. The van der Waals surface area contributed by atoms with E-state index < -0.39 is 10.9 Å².